The molecule has 0 amide bonds. The summed E-state index contributed by atoms with van der Waals surface area (Å²) >= 11 is 0. The topological polar surface area (TPSA) is 43.9 Å². The summed E-state index contributed by atoms with van der Waals surface area (Å²) < 4.78 is 8.96. The molecule has 0 saturated carbocycles. The molecule has 45 heavy (non-hydrogen) atoms. The number of fused-ring (bicyclic) bond motifs is 10. The molecule has 0 fully saturated rings. The number of aromatic nitrogens is 3. The lowest BCUT2D eigenvalue weighted by Crippen LogP contribution is -2.18. The van der Waals surface area contributed by atoms with Crippen LogP contribution in [0, 0.1) is 0 Å². The molecule has 4 nitrogen and oxygen atoms in total. The second-order valence-corrected chi connectivity index (χ2v) is 12.9. The maximum atomic E-state index is 6.51. The van der Waals surface area contributed by atoms with E-state index >= 15 is 0 Å². The van der Waals surface area contributed by atoms with Gasteiger partial charge in [-0.15, -0.1) is 0 Å². The van der Waals surface area contributed by atoms with Crippen LogP contribution in [0.1, 0.15) is 42.8 Å². The number of hydrogen-bond acceptors (Lipinski definition) is 3. The zero-order chi connectivity index (χ0) is 29.9. The van der Waals surface area contributed by atoms with Crippen molar-refractivity contribution >= 4 is 49.7 Å². The van der Waals surface area contributed by atoms with Crippen LogP contribution in [-0.4, -0.2) is 14.5 Å². The van der Waals surface area contributed by atoms with Crippen molar-refractivity contribution in [1.29, 1.82) is 0 Å². The number of nitrogens with zero attached hydrogens (tertiary/aromatic N) is 3. The summed E-state index contributed by atoms with van der Waals surface area (Å²) in [4.78, 5) is 11.0. The smallest absolute Gasteiger partial charge is 0.165 e. The number of furan rings is 1. The van der Waals surface area contributed by atoms with Gasteiger partial charge in [-0.1, -0.05) is 105 Å². The van der Waals surface area contributed by atoms with Gasteiger partial charge < -0.3 is 4.42 Å². The van der Waals surface area contributed by atoms with Gasteiger partial charge in [-0.05, 0) is 59.0 Å². The van der Waals surface area contributed by atoms with Gasteiger partial charge in [0.05, 0.1) is 16.8 Å². The third-order valence-corrected chi connectivity index (χ3v) is 10.0. The number of allylic oxidation sites excluding steroid dienone is 1. The normalized spacial score (nSPS) is 14.8. The summed E-state index contributed by atoms with van der Waals surface area (Å²) in [6.07, 6.45) is 6.57. The Bertz CT molecular complexity index is 2580. The summed E-state index contributed by atoms with van der Waals surface area (Å²) in [5, 5.41) is 5.92. The van der Waals surface area contributed by atoms with Gasteiger partial charge in [0, 0.05) is 38.4 Å². The standard InChI is InChI=1S/C41H29N3O/c1-41(2)32-19-8-5-16-29(32)36-38(41)42-39(30-18-11-17-28-27-15-7-10-21-35(27)45-37(28)30)43-40(36)44-33-20-9-6-14-26(33)31-22-24-12-3-4-13-25(24)23-34(31)44/h3-8,10-19,21-23H,9,20H2,1-2H3. The van der Waals surface area contributed by atoms with Crippen LogP contribution >= 0.6 is 0 Å². The largest absolute Gasteiger partial charge is 0.455 e. The van der Waals surface area contributed by atoms with Crippen LogP contribution in [-0.2, 0) is 11.8 Å². The molecular formula is C41H29N3O. The Labute approximate surface area is 260 Å². The first-order valence-corrected chi connectivity index (χ1v) is 15.7. The molecule has 0 atom stereocenters. The van der Waals surface area contributed by atoms with E-state index in [0.717, 1.165) is 57.4 Å². The highest BCUT2D eigenvalue weighted by Crippen LogP contribution is 2.51. The minimum atomic E-state index is -0.296. The third kappa shape index (κ3) is 3.31. The molecule has 214 valence electrons. The second-order valence-electron chi connectivity index (χ2n) is 12.9. The Hall–Kier alpha value is -5.48. The molecule has 0 unspecified atom stereocenters. The Morgan fingerprint density at radius 3 is 2.40 bits per heavy atom. The lowest BCUT2D eigenvalue weighted by atomic mass is 9.85. The predicted molar refractivity (Wildman–Crippen MR) is 184 cm³/mol. The maximum Gasteiger partial charge on any atom is 0.165 e. The van der Waals surface area contributed by atoms with E-state index in [1.807, 2.05) is 12.1 Å². The minimum Gasteiger partial charge on any atom is -0.455 e. The van der Waals surface area contributed by atoms with E-state index in [9.17, 15) is 0 Å². The fraction of sp³-hybridized carbons (Fsp3) is 0.122. The van der Waals surface area contributed by atoms with Crippen LogP contribution in [0.3, 0.4) is 0 Å². The lowest BCUT2D eigenvalue weighted by molar-refractivity contribution is 0.634. The first-order valence-electron chi connectivity index (χ1n) is 15.7. The summed E-state index contributed by atoms with van der Waals surface area (Å²) in [7, 11) is 0. The Morgan fingerprint density at radius 2 is 1.49 bits per heavy atom. The molecule has 10 rings (SSSR count). The lowest BCUT2D eigenvalue weighted by Gasteiger charge is -2.22. The van der Waals surface area contributed by atoms with Crippen molar-refractivity contribution in [2.75, 3.05) is 0 Å². The molecule has 3 aromatic heterocycles. The van der Waals surface area contributed by atoms with E-state index < -0.39 is 0 Å². The van der Waals surface area contributed by atoms with Gasteiger partial charge in [0.25, 0.3) is 0 Å². The quantitative estimate of drug-likeness (QED) is 0.205. The molecule has 3 heterocycles. The van der Waals surface area contributed by atoms with Gasteiger partial charge in [0.15, 0.2) is 5.82 Å². The average Bonchev–Trinajstić information content (AvgIpc) is 3.69. The minimum absolute atomic E-state index is 0.296. The van der Waals surface area contributed by atoms with Gasteiger partial charge in [0.2, 0.25) is 0 Å². The molecule has 0 radical (unpaired) electrons. The molecule has 0 saturated heterocycles. The molecular weight excluding hydrogens is 550 g/mol. The maximum absolute atomic E-state index is 6.51. The summed E-state index contributed by atoms with van der Waals surface area (Å²) in [5.74, 6) is 1.63. The van der Waals surface area contributed by atoms with Crippen LogP contribution in [0.25, 0.3) is 78.0 Å². The number of rotatable bonds is 2. The molecule has 2 aliphatic carbocycles. The number of hydrogen-bond donors (Lipinski definition) is 0. The van der Waals surface area contributed by atoms with Crippen LogP contribution in [0.4, 0.5) is 0 Å². The Morgan fingerprint density at radius 1 is 0.733 bits per heavy atom. The van der Waals surface area contributed by atoms with E-state index in [1.165, 1.54) is 44.1 Å². The molecule has 8 aromatic rings. The Balaban J connectivity index is 1.36. The second kappa shape index (κ2) is 8.80. The fourth-order valence-electron chi connectivity index (χ4n) is 7.87. The average molecular weight is 580 g/mol. The van der Waals surface area contributed by atoms with Gasteiger partial charge >= 0.3 is 0 Å². The van der Waals surface area contributed by atoms with E-state index in [4.69, 9.17) is 14.4 Å². The van der Waals surface area contributed by atoms with Gasteiger partial charge in [-0.25, -0.2) is 9.97 Å². The van der Waals surface area contributed by atoms with E-state index in [2.05, 4.69) is 122 Å². The van der Waals surface area contributed by atoms with Crippen LogP contribution in [0.2, 0.25) is 0 Å². The zero-order valence-electron chi connectivity index (χ0n) is 25.1. The van der Waals surface area contributed by atoms with Gasteiger partial charge in [0.1, 0.15) is 17.0 Å². The van der Waals surface area contributed by atoms with E-state index in [0.29, 0.717) is 5.82 Å². The van der Waals surface area contributed by atoms with Crippen molar-refractivity contribution in [3.63, 3.8) is 0 Å². The highest BCUT2D eigenvalue weighted by Gasteiger charge is 2.40. The summed E-state index contributed by atoms with van der Waals surface area (Å²) in [6, 6.07) is 36.7. The first kappa shape index (κ1) is 24.9. The van der Waals surface area contributed by atoms with Crippen molar-refractivity contribution in [3.8, 4) is 28.3 Å². The molecule has 2 aliphatic rings. The highest BCUT2D eigenvalue weighted by atomic mass is 16.3. The molecule has 5 aromatic carbocycles. The molecule has 0 aliphatic heterocycles. The SMILES string of the molecule is CC1(C)c2ccccc2-c2c(-n3c4c(c5cc6ccccc6cc53)C=CCC4)nc(-c3cccc4c3oc3ccccc34)nc21. The van der Waals surface area contributed by atoms with E-state index in [-0.39, 0.29) is 5.41 Å². The van der Waals surface area contributed by atoms with Crippen LogP contribution in [0.5, 0.6) is 0 Å². The van der Waals surface area contributed by atoms with Crippen LogP contribution < -0.4 is 0 Å². The monoisotopic (exact) mass is 579 g/mol. The number of para-hydroxylation sites is 2. The fourth-order valence-corrected chi connectivity index (χ4v) is 7.87. The van der Waals surface area contributed by atoms with Crippen molar-refractivity contribution in [2.24, 2.45) is 0 Å². The van der Waals surface area contributed by atoms with E-state index in [1.54, 1.807) is 0 Å². The van der Waals surface area contributed by atoms with Crippen LogP contribution in [0.15, 0.2) is 114 Å². The Kier molecular flexibility index (Phi) is 4.87. The van der Waals surface area contributed by atoms with Gasteiger partial charge in [-0.2, -0.15) is 0 Å². The van der Waals surface area contributed by atoms with Crippen molar-refractivity contribution in [2.45, 2.75) is 32.1 Å². The number of benzene rings is 5. The van der Waals surface area contributed by atoms with Gasteiger partial charge in [-0.3, -0.25) is 4.57 Å². The molecule has 0 bridgehead atoms. The molecule has 0 spiro atoms. The highest BCUT2D eigenvalue weighted by molar-refractivity contribution is 6.09. The zero-order valence-corrected chi connectivity index (χ0v) is 25.1. The molecule has 4 heteroatoms. The summed E-state index contributed by atoms with van der Waals surface area (Å²) in [5.41, 5.74) is 10.8. The van der Waals surface area contributed by atoms with Crippen molar-refractivity contribution < 1.29 is 4.42 Å². The first-order chi connectivity index (χ1) is 22.1. The summed E-state index contributed by atoms with van der Waals surface area (Å²) in [6.45, 7) is 4.58. The third-order valence-electron chi connectivity index (χ3n) is 10.0. The van der Waals surface area contributed by atoms with Crippen molar-refractivity contribution in [3.05, 3.63) is 132 Å². The van der Waals surface area contributed by atoms with Crippen molar-refractivity contribution in [1.82, 2.24) is 14.5 Å². The predicted octanol–water partition coefficient (Wildman–Crippen LogP) is 10.4. The molecule has 0 N–H and O–H groups in total.